The van der Waals surface area contributed by atoms with Crippen LogP contribution in [0.4, 0.5) is 0 Å². The number of hydrogen-bond acceptors (Lipinski definition) is 15. The van der Waals surface area contributed by atoms with E-state index < -0.39 is 61.5 Å². The van der Waals surface area contributed by atoms with Crippen LogP contribution in [0.5, 0.6) is 23.0 Å². The largest absolute Gasteiger partial charge is 0.504 e. The van der Waals surface area contributed by atoms with Gasteiger partial charge < -0.3 is 64.5 Å². The van der Waals surface area contributed by atoms with Crippen LogP contribution in [0.1, 0.15) is 24.5 Å². The summed E-state index contributed by atoms with van der Waals surface area (Å²) in [6.45, 7) is 0.673. The lowest BCUT2D eigenvalue weighted by atomic mass is 9.86. The number of esters is 2. The summed E-state index contributed by atoms with van der Waals surface area (Å²) in [7, 11) is 0. The van der Waals surface area contributed by atoms with E-state index in [-0.39, 0.29) is 66.6 Å². The number of carbonyl (C=O) groups is 2. The van der Waals surface area contributed by atoms with Crippen LogP contribution < -0.4 is 0 Å². The molecule has 0 saturated carbocycles. The highest BCUT2D eigenvalue weighted by atomic mass is 16.8. The summed E-state index contributed by atoms with van der Waals surface area (Å²) < 4.78 is 27.7. The van der Waals surface area contributed by atoms with E-state index in [0.717, 1.165) is 6.26 Å². The SMILES string of the molecule is CC=C1[C@H](O[C@@H]2O[C@H](CO)[C@@H](O)[C@H](O)[C@H]2O)OC=C(C(=O)OCCc2ccc(O)c(O)c2)[C@H]1CC(=O)OCCc1ccc(O)c(O)c1. The van der Waals surface area contributed by atoms with Gasteiger partial charge in [-0.1, -0.05) is 18.2 Å². The molecule has 0 amide bonds. The van der Waals surface area contributed by atoms with E-state index in [0.29, 0.717) is 11.1 Å². The molecule has 2 heterocycles. The third kappa shape index (κ3) is 8.71. The van der Waals surface area contributed by atoms with Gasteiger partial charge in [0.15, 0.2) is 29.3 Å². The second-order valence-corrected chi connectivity index (χ2v) is 10.9. The first kappa shape index (κ1) is 35.5. The minimum Gasteiger partial charge on any atom is -0.504 e. The zero-order chi connectivity index (χ0) is 34.2. The Labute approximate surface area is 269 Å². The molecule has 1 saturated heterocycles. The number of rotatable bonds is 12. The molecule has 256 valence electrons. The Morgan fingerprint density at radius 1 is 0.830 bits per heavy atom. The Hall–Kier alpha value is -4.38. The summed E-state index contributed by atoms with van der Waals surface area (Å²) in [4.78, 5) is 26.3. The predicted molar refractivity (Wildman–Crippen MR) is 159 cm³/mol. The molecule has 0 bridgehead atoms. The number of hydrogen-bond donors (Lipinski definition) is 8. The highest BCUT2D eigenvalue weighted by Crippen LogP contribution is 2.36. The third-order valence-corrected chi connectivity index (χ3v) is 7.77. The Morgan fingerprint density at radius 2 is 1.43 bits per heavy atom. The lowest BCUT2D eigenvalue weighted by Gasteiger charge is -2.42. The molecule has 2 aliphatic heterocycles. The molecule has 0 radical (unpaired) electrons. The molecule has 2 aromatic carbocycles. The fourth-order valence-corrected chi connectivity index (χ4v) is 5.11. The number of aromatic hydroxyl groups is 4. The van der Waals surface area contributed by atoms with Gasteiger partial charge in [-0.15, -0.1) is 0 Å². The van der Waals surface area contributed by atoms with Crippen molar-refractivity contribution in [2.24, 2.45) is 5.92 Å². The summed E-state index contributed by atoms with van der Waals surface area (Å²) in [5, 5.41) is 78.7. The zero-order valence-electron chi connectivity index (χ0n) is 25.3. The Morgan fingerprint density at radius 3 is 1.98 bits per heavy atom. The van der Waals surface area contributed by atoms with Crippen molar-refractivity contribution in [3.8, 4) is 23.0 Å². The van der Waals surface area contributed by atoms with Crippen LogP contribution in [0.25, 0.3) is 0 Å². The highest BCUT2D eigenvalue weighted by molar-refractivity contribution is 5.91. The molecule has 0 unspecified atom stereocenters. The lowest BCUT2D eigenvalue weighted by Crippen LogP contribution is -2.60. The quantitative estimate of drug-likeness (QED) is 0.0871. The van der Waals surface area contributed by atoms with Crippen LogP contribution in [0.15, 0.2) is 59.9 Å². The smallest absolute Gasteiger partial charge is 0.337 e. The van der Waals surface area contributed by atoms with Crippen molar-refractivity contribution in [3.63, 3.8) is 0 Å². The van der Waals surface area contributed by atoms with Gasteiger partial charge in [0.25, 0.3) is 0 Å². The number of aliphatic hydroxyl groups is 4. The molecular formula is C32H38O15. The molecule has 8 N–H and O–H groups in total. The average Bonchev–Trinajstić information content (AvgIpc) is 3.04. The topological polar surface area (TPSA) is 242 Å². The van der Waals surface area contributed by atoms with Crippen molar-refractivity contribution in [3.05, 3.63) is 71.0 Å². The summed E-state index contributed by atoms with van der Waals surface area (Å²) in [6, 6.07) is 8.35. The molecule has 2 aliphatic rings. The monoisotopic (exact) mass is 662 g/mol. The molecule has 15 heteroatoms. The standard InChI is InChI=1S/C32H38O15/c1-2-18-19(13-26(38)43-9-7-16-3-5-21(34)23(36)11-16)20(30(42)44-10-8-17-4-6-22(35)24(37)12-17)15-45-31(18)47-32-29(41)28(40)27(39)25(14-33)46-32/h2-6,11-12,15,19,25,27-29,31-37,39-41H,7-10,13-14H2,1H3/t19-,25+,27+,28-,29+,31-,32-/m0/s1. The Bertz CT molecular complexity index is 1470. The maximum atomic E-state index is 13.3. The first-order valence-corrected chi connectivity index (χ1v) is 14.8. The molecule has 2 aromatic rings. The van der Waals surface area contributed by atoms with Crippen LogP contribution in [0.3, 0.4) is 0 Å². The molecule has 15 nitrogen and oxygen atoms in total. The zero-order valence-corrected chi connectivity index (χ0v) is 25.3. The summed E-state index contributed by atoms with van der Waals surface area (Å²) in [5.41, 5.74) is 1.33. The third-order valence-electron chi connectivity index (χ3n) is 7.77. The Balaban J connectivity index is 1.48. The van der Waals surface area contributed by atoms with Gasteiger partial charge in [-0.2, -0.15) is 0 Å². The minimum atomic E-state index is -1.74. The van der Waals surface area contributed by atoms with E-state index >= 15 is 0 Å². The molecule has 4 rings (SSSR count). The fourth-order valence-electron chi connectivity index (χ4n) is 5.11. The molecule has 0 spiro atoms. The molecular weight excluding hydrogens is 624 g/mol. The van der Waals surface area contributed by atoms with Gasteiger partial charge in [0, 0.05) is 24.3 Å². The van der Waals surface area contributed by atoms with Crippen molar-refractivity contribution in [1.29, 1.82) is 0 Å². The van der Waals surface area contributed by atoms with E-state index in [1.165, 1.54) is 30.3 Å². The molecule has 47 heavy (non-hydrogen) atoms. The molecule has 0 aliphatic carbocycles. The van der Waals surface area contributed by atoms with E-state index in [1.807, 2.05) is 0 Å². The second kappa shape index (κ2) is 15.9. The van der Waals surface area contributed by atoms with Crippen molar-refractivity contribution in [2.75, 3.05) is 19.8 Å². The number of phenolic OH excluding ortho intramolecular Hbond substituents is 4. The van der Waals surface area contributed by atoms with E-state index in [1.54, 1.807) is 19.1 Å². The number of benzene rings is 2. The van der Waals surface area contributed by atoms with Crippen molar-refractivity contribution < 1.29 is 74.1 Å². The maximum Gasteiger partial charge on any atom is 0.337 e. The first-order valence-electron chi connectivity index (χ1n) is 14.8. The van der Waals surface area contributed by atoms with Gasteiger partial charge in [0.05, 0.1) is 38.1 Å². The van der Waals surface area contributed by atoms with Gasteiger partial charge in [-0.3, -0.25) is 4.79 Å². The minimum absolute atomic E-state index is 0.0688. The lowest BCUT2D eigenvalue weighted by molar-refractivity contribution is -0.327. The normalized spacial score (nSPS) is 26.7. The highest BCUT2D eigenvalue weighted by Gasteiger charge is 2.47. The van der Waals surface area contributed by atoms with Crippen LogP contribution in [0.2, 0.25) is 0 Å². The van der Waals surface area contributed by atoms with Crippen molar-refractivity contribution in [1.82, 2.24) is 0 Å². The number of ether oxygens (including phenoxy) is 5. The maximum absolute atomic E-state index is 13.3. The van der Waals surface area contributed by atoms with E-state index in [2.05, 4.69) is 0 Å². The average molecular weight is 663 g/mol. The van der Waals surface area contributed by atoms with Crippen molar-refractivity contribution >= 4 is 11.9 Å². The van der Waals surface area contributed by atoms with Gasteiger partial charge in [-0.05, 0) is 42.3 Å². The second-order valence-electron chi connectivity index (χ2n) is 10.9. The van der Waals surface area contributed by atoms with Crippen LogP contribution in [0, 0.1) is 5.92 Å². The van der Waals surface area contributed by atoms with Crippen LogP contribution in [-0.2, 0) is 46.1 Å². The van der Waals surface area contributed by atoms with Crippen LogP contribution in [-0.4, -0.2) is 110 Å². The Kier molecular flexibility index (Phi) is 12.0. The fraction of sp³-hybridized carbons (Fsp3) is 0.438. The number of aliphatic hydroxyl groups excluding tert-OH is 4. The van der Waals surface area contributed by atoms with Gasteiger partial charge in [-0.25, -0.2) is 4.79 Å². The predicted octanol–water partition coefficient (Wildman–Crippen LogP) is 0.390. The van der Waals surface area contributed by atoms with E-state index in [9.17, 15) is 50.4 Å². The van der Waals surface area contributed by atoms with Crippen molar-refractivity contribution in [2.45, 2.75) is 63.2 Å². The van der Waals surface area contributed by atoms with Gasteiger partial charge in [0.2, 0.25) is 6.29 Å². The summed E-state index contributed by atoms with van der Waals surface area (Å²) in [6.07, 6.45) is -6.70. The van der Waals surface area contributed by atoms with Crippen LogP contribution >= 0.6 is 0 Å². The van der Waals surface area contributed by atoms with Gasteiger partial charge >= 0.3 is 11.9 Å². The molecule has 1 fully saturated rings. The summed E-state index contributed by atoms with van der Waals surface area (Å²) in [5.74, 6) is -3.82. The number of allylic oxidation sites excluding steroid dienone is 1. The van der Waals surface area contributed by atoms with E-state index in [4.69, 9.17) is 23.7 Å². The first-order chi connectivity index (χ1) is 22.4. The summed E-state index contributed by atoms with van der Waals surface area (Å²) >= 11 is 0. The molecule has 7 atom stereocenters. The number of carbonyl (C=O) groups excluding carboxylic acids is 2. The number of phenols is 4. The molecule has 0 aromatic heterocycles. The van der Waals surface area contributed by atoms with Gasteiger partial charge in [0.1, 0.15) is 24.4 Å².